The molecule has 0 spiro atoms. The third-order valence-electron chi connectivity index (χ3n) is 1.97. The summed E-state index contributed by atoms with van der Waals surface area (Å²) in [5.74, 6) is 0.0429. The number of carboxylic acids is 1. The second kappa shape index (κ2) is 7.05. The van der Waals surface area contributed by atoms with Gasteiger partial charge in [-0.2, -0.15) is 0 Å². The molecule has 1 rings (SSSR count). The zero-order valence-corrected chi connectivity index (χ0v) is 9.96. The first kappa shape index (κ1) is 12.8. The van der Waals surface area contributed by atoms with E-state index in [2.05, 4.69) is 15.3 Å². The zero-order chi connectivity index (χ0) is 11.8. The first-order valence-corrected chi connectivity index (χ1v) is 6.26. The van der Waals surface area contributed by atoms with Gasteiger partial charge in [-0.1, -0.05) is 0 Å². The molecule has 0 unspecified atom stereocenters. The van der Waals surface area contributed by atoms with Crippen molar-refractivity contribution in [3.05, 3.63) is 12.4 Å². The van der Waals surface area contributed by atoms with Crippen LogP contribution in [-0.2, 0) is 4.79 Å². The van der Waals surface area contributed by atoms with Gasteiger partial charge < -0.3 is 10.4 Å². The minimum Gasteiger partial charge on any atom is -0.481 e. The molecule has 6 heteroatoms. The molecule has 0 bridgehead atoms. The summed E-state index contributed by atoms with van der Waals surface area (Å²) in [5, 5.41) is 12.5. The average Bonchev–Trinajstić information content (AvgIpc) is 2.28. The Morgan fingerprint density at radius 1 is 1.50 bits per heavy atom. The van der Waals surface area contributed by atoms with E-state index in [0.29, 0.717) is 6.42 Å². The summed E-state index contributed by atoms with van der Waals surface area (Å²) >= 11 is 1.56. The molecular weight excluding hydrogens is 226 g/mol. The van der Waals surface area contributed by atoms with Gasteiger partial charge in [-0.25, -0.2) is 9.97 Å². The smallest absolute Gasteiger partial charge is 0.303 e. The lowest BCUT2D eigenvalue weighted by Gasteiger charge is -2.05. The molecule has 5 nitrogen and oxygen atoms in total. The summed E-state index contributed by atoms with van der Waals surface area (Å²) in [6, 6.07) is 1.88. The number of hydrogen-bond acceptors (Lipinski definition) is 5. The molecule has 0 saturated heterocycles. The molecule has 88 valence electrons. The first-order chi connectivity index (χ1) is 7.72. The number of nitrogens with zero attached hydrogens (tertiary/aromatic N) is 2. The van der Waals surface area contributed by atoms with E-state index in [0.717, 1.165) is 23.8 Å². The normalized spacial score (nSPS) is 10.1. The van der Waals surface area contributed by atoms with Crippen LogP contribution in [0.25, 0.3) is 0 Å². The Hall–Kier alpha value is -1.30. The number of hydrogen-bond donors (Lipinski definition) is 2. The molecule has 0 fully saturated rings. The van der Waals surface area contributed by atoms with E-state index in [1.165, 1.54) is 6.33 Å². The van der Waals surface area contributed by atoms with Crippen LogP contribution >= 0.6 is 11.8 Å². The fourth-order valence-corrected chi connectivity index (χ4v) is 1.55. The van der Waals surface area contributed by atoms with Crippen LogP contribution in [-0.4, -0.2) is 33.8 Å². The predicted octanol–water partition coefficient (Wildman–Crippen LogP) is 1.87. The highest BCUT2D eigenvalue weighted by Crippen LogP contribution is 2.13. The van der Waals surface area contributed by atoms with E-state index in [1.54, 1.807) is 11.8 Å². The van der Waals surface area contributed by atoms with Crippen molar-refractivity contribution >= 4 is 23.5 Å². The summed E-state index contributed by atoms with van der Waals surface area (Å²) in [6.07, 6.45) is 5.21. The van der Waals surface area contributed by atoms with E-state index in [-0.39, 0.29) is 6.42 Å². The van der Waals surface area contributed by atoms with Crippen LogP contribution in [0.4, 0.5) is 5.82 Å². The fourth-order valence-electron chi connectivity index (χ4n) is 1.17. The summed E-state index contributed by atoms with van der Waals surface area (Å²) in [4.78, 5) is 18.4. The van der Waals surface area contributed by atoms with Crippen LogP contribution in [0.3, 0.4) is 0 Å². The number of rotatable bonds is 7. The number of nitrogens with one attached hydrogen (secondary N) is 1. The Labute approximate surface area is 98.7 Å². The van der Waals surface area contributed by atoms with Crippen LogP contribution in [0.15, 0.2) is 17.4 Å². The van der Waals surface area contributed by atoms with Gasteiger partial charge in [-0.15, -0.1) is 11.8 Å². The molecule has 0 aliphatic carbocycles. The van der Waals surface area contributed by atoms with Gasteiger partial charge in [-0.05, 0) is 19.1 Å². The fraction of sp³-hybridized carbons (Fsp3) is 0.500. The Balaban J connectivity index is 2.23. The molecule has 0 radical (unpaired) electrons. The first-order valence-electron chi connectivity index (χ1n) is 5.04. The second-order valence-corrected chi connectivity index (χ2v) is 4.05. The molecule has 0 amide bonds. The second-order valence-electron chi connectivity index (χ2n) is 3.22. The van der Waals surface area contributed by atoms with Gasteiger partial charge >= 0.3 is 5.97 Å². The average molecular weight is 241 g/mol. The van der Waals surface area contributed by atoms with Crippen LogP contribution in [0, 0.1) is 0 Å². The third-order valence-corrected chi connectivity index (χ3v) is 2.62. The van der Waals surface area contributed by atoms with Crippen molar-refractivity contribution in [2.75, 3.05) is 18.1 Å². The summed E-state index contributed by atoms with van der Waals surface area (Å²) in [6.45, 7) is 0.734. The van der Waals surface area contributed by atoms with Gasteiger partial charge in [0.25, 0.3) is 0 Å². The van der Waals surface area contributed by atoms with Crippen molar-refractivity contribution in [2.24, 2.45) is 0 Å². The van der Waals surface area contributed by atoms with E-state index in [1.807, 2.05) is 12.3 Å². The molecule has 1 heterocycles. The van der Waals surface area contributed by atoms with Crippen LogP contribution in [0.2, 0.25) is 0 Å². The Kier molecular flexibility index (Phi) is 5.63. The van der Waals surface area contributed by atoms with E-state index >= 15 is 0 Å². The minimum absolute atomic E-state index is 0.224. The summed E-state index contributed by atoms with van der Waals surface area (Å²) in [7, 11) is 0. The molecule has 0 aromatic carbocycles. The summed E-state index contributed by atoms with van der Waals surface area (Å²) in [5.41, 5.74) is 0. The molecule has 16 heavy (non-hydrogen) atoms. The third kappa shape index (κ3) is 4.97. The molecule has 1 aromatic heterocycles. The molecular formula is C10H15N3O2S. The van der Waals surface area contributed by atoms with Crippen molar-refractivity contribution in [1.29, 1.82) is 0 Å². The summed E-state index contributed by atoms with van der Waals surface area (Å²) < 4.78 is 0. The van der Waals surface area contributed by atoms with Gasteiger partial charge in [0.1, 0.15) is 17.2 Å². The maximum absolute atomic E-state index is 10.3. The lowest BCUT2D eigenvalue weighted by Crippen LogP contribution is -2.04. The minimum atomic E-state index is -0.744. The number of carboxylic acid groups (broad SMARTS) is 1. The molecule has 2 N–H and O–H groups in total. The van der Waals surface area contributed by atoms with E-state index in [4.69, 9.17) is 5.11 Å². The maximum atomic E-state index is 10.3. The standard InChI is InChI=1S/C10H15N3O2S/c1-16-9-6-8(12-7-13-9)11-5-3-2-4-10(14)15/h6-7H,2-5H2,1H3,(H,14,15)(H,11,12,13). The number of aromatic nitrogens is 2. The molecule has 1 aromatic rings. The van der Waals surface area contributed by atoms with Gasteiger partial charge in [0.2, 0.25) is 0 Å². The number of anilines is 1. The van der Waals surface area contributed by atoms with E-state index in [9.17, 15) is 4.79 Å². The zero-order valence-electron chi connectivity index (χ0n) is 9.14. The Morgan fingerprint density at radius 2 is 2.31 bits per heavy atom. The Bertz CT molecular complexity index is 347. The highest BCUT2D eigenvalue weighted by molar-refractivity contribution is 7.98. The topological polar surface area (TPSA) is 75.1 Å². The predicted molar refractivity (Wildman–Crippen MR) is 63.8 cm³/mol. The van der Waals surface area contributed by atoms with Gasteiger partial charge in [0, 0.05) is 19.0 Å². The van der Waals surface area contributed by atoms with Gasteiger partial charge in [0.05, 0.1) is 0 Å². The number of carbonyl (C=O) groups is 1. The van der Waals surface area contributed by atoms with Crippen LogP contribution < -0.4 is 5.32 Å². The van der Waals surface area contributed by atoms with Crippen molar-refractivity contribution in [1.82, 2.24) is 9.97 Å². The van der Waals surface area contributed by atoms with Crippen molar-refractivity contribution < 1.29 is 9.90 Å². The molecule has 0 saturated carbocycles. The van der Waals surface area contributed by atoms with E-state index < -0.39 is 5.97 Å². The largest absolute Gasteiger partial charge is 0.481 e. The maximum Gasteiger partial charge on any atom is 0.303 e. The van der Waals surface area contributed by atoms with Gasteiger partial charge in [0.15, 0.2) is 0 Å². The number of thioether (sulfide) groups is 1. The molecule has 0 aliphatic heterocycles. The van der Waals surface area contributed by atoms with Crippen LogP contribution in [0.5, 0.6) is 0 Å². The Morgan fingerprint density at radius 3 is 3.00 bits per heavy atom. The molecule has 0 atom stereocenters. The monoisotopic (exact) mass is 241 g/mol. The lowest BCUT2D eigenvalue weighted by atomic mass is 10.2. The van der Waals surface area contributed by atoms with Crippen molar-refractivity contribution in [3.63, 3.8) is 0 Å². The van der Waals surface area contributed by atoms with Crippen molar-refractivity contribution in [3.8, 4) is 0 Å². The van der Waals surface area contributed by atoms with Crippen molar-refractivity contribution in [2.45, 2.75) is 24.3 Å². The number of unbranched alkanes of at least 4 members (excludes halogenated alkanes) is 1. The van der Waals surface area contributed by atoms with Crippen LogP contribution in [0.1, 0.15) is 19.3 Å². The SMILES string of the molecule is CSc1cc(NCCCCC(=O)O)ncn1. The molecule has 0 aliphatic rings. The lowest BCUT2D eigenvalue weighted by molar-refractivity contribution is -0.137. The quantitative estimate of drug-likeness (QED) is 0.431. The highest BCUT2D eigenvalue weighted by Gasteiger charge is 1.98. The number of aliphatic carboxylic acids is 1. The van der Waals surface area contributed by atoms with Gasteiger partial charge in [-0.3, -0.25) is 4.79 Å². The highest BCUT2D eigenvalue weighted by atomic mass is 32.2.